The Morgan fingerprint density at radius 2 is 1.93 bits per heavy atom. The number of benzene rings is 1. The van der Waals surface area contributed by atoms with E-state index in [0.717, 1.165) is 23.6 Å². The van der Waals surface area contributed by atoms with Crippen molar-refractivity contribution in [3.8, 4) is 11.5 Å². The van der Waals surface area contributed by atoms with E-state index in [0.29, 0.717) is 18.3 Å². The fraction of sp³-hybridized carbons (Fsp3) is 0.632. The number of ether oxygens (including phenoxy) is 2. The molecule has 0 spiro atoms. The maximum atomic E-state index is 12.2. The summed E-state index contributed by atoms with van der Waals surface area (Å²) in [5.74, 6) is 2.79. The third-order valence-electron chi connectivity index (χ3n) is 3.83. The van der Waals surface area contributed by atoms with Crippen LogP contribution in [0.25, 0.3) is 0 Å². The van der Waals surface area contributed by atoms with E-state index >= 15 is 0 Å². The second-order valence-electron chi connectivity index (χ2n) is 6.90. The number of aliphatic imine (C=N–C) groups is 1. The van der Waals surface area contributed by atoms with Crippen molar-refractivity contribution in [2.75, 3.05) is 33.1 Å². The summed E-state index contributed by atoms with van der Waals surface area (Å²) in [4.78, 5) is 4.56. The Morgan fingerprint density at radius 3 is 2.44 bits per heavy atom. The Labute approximate surface area is 183 Å². The van der Waals surface area contributed by atoms with Crippen molar-refractivity contribution in [2.24, 2.45) is 4.99 Å². The van der Waals surface area contributed by atoms with Crippen LogP contribution >= 0.6 is 24.0 Å². The van der Waals surface area contributed by atoms with E-state index in [9.17, 15) is 4.21 Å². The number of nitrogens with one attached hydrogen (secondary N) is 2. The zero-order chi connectivity index (χ0) is 19.7. The topological polar surface area (TPSA) is 72.0 Å². The van der Waals surface area contributed by atoms with Gasteiger partial charge in [-0.1, -0.05) is 0 Å². The first-order valence-electron chi connectivity index (χ1n) is 8.88. The van der Waals surface area contributed by atoms with Crippen molar-refractivity contribution < 1.29 is 13.7 Å². The molecule has 2 unspecified atom stereocenters. The number of hydrogen-bond acceptors (Lipinski definition) is 4. The Morgan fingerprint density at radius 1 is 1.26 bits per heavy atom. The predicted molar refractivity (Wildman–Crippen MR) is 125 cm³/mol. The smallest absolute Gasteiger partial charge is 0.191 e. The van der Waals surface area contributed by atoms with Gasteiger partial charge in [-0.2, -0.15) is 0 Å². The summed E-state index contributed by atoms with van der Waals surface area (Å²) < 4.78 is 22.7. The number of halogens is 1. The molecule has 1 aromatic rings. The van der Waals surface area contributed by atoms with Crippen LogP contribution in [0.2, 0.25) is 0 Å². The van der Waals surface area contributed by atoms with Crippen molar-refractivity contribution in [1.82, 2.24) is 10.6 Å². The van der Waals surface area contributed by atoms with Crippen molar-refractivity contribution in [3.05, 3.63) is 23.8 Å². The molecule has 0 aromatic heterocycles. The molecular weight excluding hydrogens is 477 g/mol. The Kier molecular flexibility index (Phi) is 12.0. The second-order valence-corrected chi connectivity index (χ2v) is 9.22. The minimum absolute atomic E-state index is 0. The molecular formula is C19H34IN3O3S. The van der Waals surface area contributed by atoms with Gasteiger partial charge in [0.2, 0.25) is 0 Å². The molecule has 8 heteroatoms. The second kappa shape index (κ2) is 12.4. The van der Waals surface area contributed by atoms with Crippen LogP contribution in [0.15, 0.2) is 23.2 Å². The summed E-state index contributed by atoms with van der Waals surface area (Å²) >= 11 is 0. The van der Waals surface area contributed by atoms with Crippen LogP contribution in [-0.2, 0) is 10.8 Å². The molecule has 156 valence electrons. The molecule has 2 N–H and O–H groups in total. The fourth-order valence-corrected chi connectivity index (χ4v) is 3.20. The summed E-state index contributed by atoms with van der Waals surface area (Å²) in [5.41, 5.74) is 0.982. The third-order valence-corrected chi connectivity index (χ3v) is 5.75. The molecule has 0 saturated carbocycles. The molecule has 0 radical (unpaired) electrons. The van der Waals surface area contributed by atoms with Crippen LogP contribution in [0.5, 0.6) is 11.5 Å². The maximum absolute atomic E-state index is 12.2. The zero-order valence-electron chi connectivity index (χ0n) is 17.4. The lowest BCUT2D eigenvalue weighted by Gasteiger charge is -2.21. The molecule has 0 aliphatic rings. The van der Waals surface area contributed by atoms with Gasteiger partial charge in [-0.05, 0) is 52.8 Å². The highest BCUT2D eigenvalue weighted by atomic mass is 127. The summed E-state index contributed by atoms with van der Waals surface area (Å²) in [7, 11) is 2.38. The Bertz CT molecular complexity index is 633. The Balaban J connectivity index is 0.00000676. The number of rotatable bonds is 8. The van der Waals surface area contributed by atoms with Gasteiger partial charge in [0.05, 0.1) is 26.8 Å². The van der Waals surface area contributed by atoms with E-state index in [1.54, 1.807) is 14.2 Å². The minimum atomic E-state index is -0.915. The quantitative estimate of drug-likeness (QED) is 0.318. The highest BCUT2D eigenvalue weighted by Crippen LogP contribution is 2.29. The lowest BCUT2D eigenvalue weighted by Crippen LogP contribution is -2.39. The zero-order valence-corrected chi connectivity index (χ0v) is 20.6. The van der Waals surface area contributed by atoms with Gasteiger partial charge < -0.3 is 20.1 Å². The number of hydrogen-bond donors (Lipinski definition) is 2. The summed E-state index contributed by atoms with van der Waals surface area (Å²) in [6.45, 7) is 11.2. The predicted octanol–water partition coefficient (Wildman–Crippen LogP) is 3.49. The standard InChI is InChI=1S/C19H33N3O3S.HI/c1-8-20-18(21-11-12-26(23)19(3,4)5)22-14(2)16-13-15(24-6)9-10-17(16)25-7;/h9-10,13-14H,8,11-12H2,1-7H3,(H2,20,21,22);1H. The van der Waals surface area contributed by atoms with E-state index in [1.807, 2.05) is 52.8 Å². The molecule has 1 aromatic carbocycles. The monoisotopic (exact) mass is 511 g/mol. The molecule has 0 aliphatic carbocycles. The lowest BCUT2D eigenvalue weighted by atomic mass is 10.1. The molecule has 0 amide bonds. The SMILES string of the molecule is CCNC(=NCCS(=O)C(C)(C)C)NC(C)c1cc(OC)ccc1OC.I. The third kappa shape index (κ3) is 8.68. The van der Waals surface area contributed by atoms with Gasteiger partial charge in [0.15, 0.2) is 5.96 Å². The number of nitrogens with zero attached hydrogens (tertiary/aromatic N) is 1. The van der Waals surface area contributed by atoms with Gasteiger partial charge in [0.1, 0.15) is 11.5 Å². The first-order chi connectivity index (χ1) is 12.2. The van der Waals surface area contributed by atoms with Crippen LogP contribution in [0.1, 0.15) is 46.2 Å². The van der Waals surface area contributed by atoms with E-state index < -0.39 is 10.8 Å². The van der Waals surface area contributed by atoms with E-state index in [1.165, 1.54) is 0 Å². The maximum Gasteiger partial charge on any atom is 0.191 e. The molecule has 0 fully saturated rings. The first kappa shape index (κ1) is 26.0. The van der Waals surface area contributed by atoms with Crippen LogP contribution < -0.4 is 20.1 Å². The van der Waals surface area contributed by atoms with E-state index in [4.69, 9.17) is 9.47 Å². The molecule has 2 atom stereocenters. The summed E-state index contributed by atoms with van der Waals surface area (Å²) in [6.07, 6.45) is 0. The van der Waals surface area contributed by atoms with E-state index in [-0.39, 0.29) is 34.8 Å². The Hall–Kier alpha value is -1.03. The van der Waals surface area contributed by atoms with Crippen LogP contribution in [0.3, 0.4) is 0 Å². The highest BCUT2D eigenvalue weighted by Gasteiger charge is 2.19. The molecule has 6 nitrogen and oxygen atoms in total. The molecule has 0 saturated heterocycles. The van der Waals surface area contributed by atoms with Crippen molar-refractivity contribution in [1.29, 1.82) is 0 Å². The number of methoxy groups -OCH3 is 2. The largest absolute Gasteiger partial charge is 0.497 e. The van der Waals surface area contributed by atoms with Gasteiger partial charge in [-0.3, -0.25) is 9.20 Å². The summed E-state index contributed by atoms with van der Waals surface area (Å²) in [6, 6.07) is 5.68. The van der Waals surface area contributed by atoms with Gasteiger partial charge in [0.25, 0.3) is 0 Å². The average molecular weight is 511 g/mol. The number of guanidine groups is 1. The molecule has 1 rings (SSSR count). The molecule has 27 heavy (non-hydrogen) atoms. The fourth-order valence-electron chi connectivity index (χ4n) is 2.33. The van der Waals surface area contributed by atoms with Crippen LogP contribution in [-0.4, -0.2) is 48.0 Å². The lowest BCUT2D eigenvalue weighted by molar-refractivity contribution is 0.394. The highest BCUT2D eigenvalue weighted by molar-refractivity contribution is 14.0. The first-order valence-corrected chi connectivity index (χ1v) is 10.2. The average Bonchev–Trinajstić information content (AvgIpc) is 2.60. The van der Waals surface area contributed by atoms with Crippen molar-refractivity contribution in [3.63, 3.8) is 0 Å². The summed E-state index contributed by atoms with van der Waals surface area (Å²) in [5, 5.41) is 6.61. The van der Waals surface area contributed by atoms with Gasteiger partial charge in [0, 0.05) is 33.4 Å². The van der Waals surface area contributed by atoms with Crippen LogP contribution in [0, 0.1) is 0 Å². The van der Waals surface area contributed by atoms with Gasteiger partial charge >= 0.3 is 0 Å². The van der Waals surface area contributed by atoms with Gasteiger partial charge in [-0.25, -0.2) is 0 Å². The molecule has 0 heterocycles. The van der Waals surface area contributed by atoms with E-state index in [2.05, 4.69) is 15.6 Å². The molecule has 0 aliphatic heterocycles. The normalized spacial score (nSPS) is 14.0. The van der Waals surface area contributed by atoms with Gasteiger partial charge in [-0.15, -0.1) is 24.0 Å². The molecule has 0 bridgehead atoms. The van der Waals surface area contributed by atoms with Crippen LogP contribution in [0.4, 0.5) is 0 Å². The van der Waals surface area contributed by atoms with Crippen molar-refractivity contribution in [2.45, 2.75) is 45.4 Å². The van der Waals surface area contributed by atoms with Crippen molar-refractivity contribution >= 4 is 40.7 Å². The minimum Gasteiger partial charge on any atom is -0.497 e.